The number of halogens is 5. The molecule has 0 saturated heterocycles. The molecule has 0 bridgehead atoms. The number of benzene rings is 2. The lowest BCUT2D eigenvalue weighted by Gasteiger charge is -2.38. The van der Waals surface area contributed by atoms with Crippen LogP contribution in [0.25, 0.3) is 0 Å². The second-order valence-electron chi connectivity index (χ2n) is 7.14. The smallest absolute Gasteiger partial charge is 0.368 e. The minimum Gasteiger partial charge on any atom is -0.368 e. The molecule has 1 unspecified atom stereocenters. The summed E-state index contributed by atoms with van der Waals surface area (Å²) in [5.41, 5.74) is 2.70. The molecule has 2 aromatic rings. The number of nitrogens with two attached hydrogens (primary N) is 1. The number of amides is 1. The van der Waals surface area contributed by atoms with Gasteiger partial charge in [0.05, 0.1) is 16.5 Å². The molecular weight excluding hydrogens is 474 g/mol. The molecule has 0 aliphatic carbocycles. The maximum absolute atomic E-state index is 14.5. The molecule has 0 aliphatic heterocycles. The monoisotopic (exact) mass is 491 g/mol. The normalized spacial score (nSPS) is 14.1. The van der Waals surface area contributed by atoms with Crippen LogP contribution in [0.2, 0.25) is 5.02 Å². The van der Waals surface area contributed by atoms with Crippen LogP contribution in [0.15, 0.2) is 47.4 Å². The third-order valence-corrected chi connectivity index (χ3v) is 7.11. The minimum absolute atomic E-state index is 0.0481. The van der Waals surface area contributed by atoms with Crippen LogP contribution in [0.4, 0.5) is 17.6 Å². The molecule has 2 rings (SSSR count). The molecule has 1 atom stereocenters. The lowest BCUT2D eigenvalue weighted by Crippen LogP contribution is -2.57. The van der Waals surface area contributed by atoms with Gasteiger partial charge in [-0.2, -0.15) is 22.7 Å². The summed E-state index contributed by atoms with van der Waals surface area (Å²) in [6, 6.07) is 9.57. The zero-order valence-corrected chi connectivity index (χ0v) is 18.2. The fourth-order valence-corrected chi connectivity index (χ4v) is 4.80. The van der Waals surface area contributed by atoms with E-state index in [1.807, 2.05) is 0 Å². The second kappa shape index (κ2) is 9.44. The molecule has 0 aliphatic rings. The minimum atomic E-state index is -4.70. The lowest BCUT2D eigenvalue weighted by molar-refractivity contribution is -0.145. The number of hydrogen-bond acceptors (Lipinski definition) is 4. The summed E-state index contributed by atoms with van der Waals surface area (Å²) >= 11 is 5.78. The van der Waals surface area contributed by atoms with Gasteiger partial charge < -0.3 is 5.73 Å². The number of rotatable bonds is 8. The van der Waals surface area contributed by atoms with Crippen LogP contribution >= 0.6 is 11.6 Å². The highest BCUT2D eigenvalue weighted by molar-refractivity contribution is 7.89. The van der Waals surface area contributed by atoms with Crippen LogP contribution < -0.4 is 5.73 Å². The van der Waals surface area contributed by atoms with Crippen molar-refractivity contribution in [1.82, 2.24) is 4.31 Å². The summed E-state index contributed by atoms with van der Waals surface area (Å²) < 4.78 is 80.5. The van der Waals surface area contributed by atoms with Crippen molar-refractivity contribution in [2.24, 2.45) is 5.73 Å². The van der Waals surface area contributed by atoms with E-state index in [2.05, 4.69) is 0 Å². The van der Waals surface area contributed by atoms with E-state index in [1.54, 1.807) is 6.07 Å². The maximum Gasteiger partial charge on any atom is 0.389 e. The van der Waals surface area contributed by atoms with Crippen LogP contribution in [-0.4, -0.2) is 30.3 Å². The van der Waals surface area contributed by atoms with E-state index in [0.717, 1.165) is 31.2 Å². The van der Waals surface area contributed by atoms with Gasteiger partial charge in [-0.25, -0.2) is 12.8 Å². The van der Waals surface area contributed by atoms with Crippen molar-refractivity contribution in [3.8, 4) is 6.07 Å². The number of sulfonamides is 1. The molecule has 0 spiro atoms. The summed E-state index contributed by atoms with van der Waals surface area (Å²) in [4.78, 5) is 11.9. The van der Waals surface area contributed by atoms with E-state index in [9.17, 15) is 30.8 Å². The first kappa shape index (κ1) is 25.6. The van der Waals surface area contributed by atoms with Crippen molar-refractivity contribution in [3.05, 3.63) is 64.4 Å². The Morgan fingerprint density at radius 3 is 2.22 bits per heavy atom. The molecule has 32 heavy (non-hydrogen) atoms. The average Bonchev–Trinajstić information content (AvgIpc) is 2.70. The maximum atomic E-state index is 14.5. The number of carbonyl (C=O) groups is 1. The third kappa shape index (κ3) is 5.76. The van der Waals surface area contributed by atoms with E-state index < -0.39 is 52.8 Å². The summed E-state index contributed by atoms with van der Waals surface area (Å²) in [6.07, 6.45) is -7.20. The number of primary amides is 1. The van der Waals surface area contributed by atoms with Gasteiger partial charge in [-0.3, -0.25) is 4.79 Å². The molecule has 1 amide bonds. The number of nitrogens with zero attached hydrogens (tertiary/aromatic N) is 2. The molecule has 0 saturated carbocycles. The number of alkyl halides is 3. The molecular formula is C20H18ClF4N3O3S. The Balaban J connectivity index is 2.65. The largest absolute Gasteiger partial charge is 0.389 e. The molecule has 0 radical (unpaired) electrons. The summed E-state index contributed by atoms with van der Waals surface area (Å²) in [5.74, 6) is -2.31. The molecule has 0 aromatic heterocycles. The van der Waals surface area contributed by atoms with Gasteiger partial charge in [0.2, 0.25) is 15.9 Å². The van der Waals surface area contributed by atoms with Gasteiger partial charge >= 0.3 is 6.18 Å². The zero-order valence-electron chi connectivity index (χ0n) is 16.7. The Labute approximate surface area is 187 Å². The summed E-state index contributed by atoms with van der Waals surface area (Å²) in [6.45, 7) is 0.149. The highest BCUT2D eigenvalue weighted by Gasteiger charge is 2.47. The first-order valence-electron chi connectivity index (χ1n) is 9.04. The van der Waals surface area contributed by atoms with Crippen molar-refractivity contribution in [2.45, 2.75) is 42.9 Å². The van der Waals surface area contributed by atoms with Crippen LogP contribution in [0.3, 0.4) is 0 Å². The fraction of sp³-hybridized carbons (Fsp3) is 0.300. The van der Waals surface area contributed by atoms with Gasteiger partial charge in [-0.15, -0.1) is 0 Å². The van der Waals surface area contributed by atoms with Crippen molar-refractivity contribution in [1.29, 1.82) is 5.26 Å². The Hall–Kier alpha value is -2.68. The van der Waals surface area contributed by atoms with Crippen LogP contribution in [0, 0.1) is 17.1 Å². The molecule has 12 heteroatoms. The van der Waals surface area contributed by atoms with E-state index >= 15 is 0 Å². The standard InChI is InChI=1S/C20H18ClF4N3O3S/c1-19(18(27)29,8-9-20(23,24)25)28(12-14-3-2-13(11-26)10-17(14)22)32(30,31)16-6-4-15(21)5-7-16/h2-7,10H,8-9,12H2,1H3,(H2,27,29). The molecule has 2 aromatic carbocycles. The molecule has 0 fully saturated rings. The molecule has 0 heterocycles. The van der Waals surface area contributed by atoms with E-state index in [4.69, 9.17) is 22.6 Å². The van der Waals surface area contributed by atoms with Crippen molar-refractivity contribution < 1.29 is 30.8 Å². The van der Waals surface area contributed by atoms with Crippen LogP contribution in [0.1, 0.15) is 30.9 Å². The van der Waals surface area contributed by atoms with Gasteiger partial charge in [-0.05, 0) is 49.7 Å². The number of nitriles is 1. The Morgan fingerprint density at radius 1 is 1.16 bits per heavy atom. The molecule has 6 nitrogen and oxygen atoms in total. The quantitative estimate of drug-likeness (QED) is 0.560. The molecule has 172 valence electrons. The van der Waals surface area contributed by atoms with E-state index in [1.165, 1.54) is 18.2 Å². The second-order valence-corrected chi connectivity index (χ2v) is 9.44. The van der Waals surface area contributed by atoms with Gasteiger partial charge in [0.25, 0.3) is 0 Å². The van der Waals surface area contributed by atoms with Gasteiger partial charge in [0.15, 0.2) is 0 Å². The SMILES string of the molecule is CC(CCC(F)(F)F)(C(N)=O)N(Cc1ccc(C#N)cc1F)S(=O)(=O)c1ccc(Cl)cc1. The summed E-state index contributed by atoms with van der Waals surface area (Å²) in [7, 11) is -4.64. The first-order chi connectivity index (χ1) is 14.7. The lowest BCUT2D eigenvalue weighted by atomic mass is 9.94. The number of hydrogen-bond donors (Lipinski definition) is 1. The van der Waals surface area contributed by atoms with Gasteiger partial charge in [0.1, 0.15) is 11.4 Å². The van der Waals surface area contributed by atoms with Gasteiger partial charge in [-0.1, -0.05) is 17.7 Å². The van der Waals surface area contributed by atoms with E-state index in [0.29, 0.717) is 4.31 Å². The van der Waals surface area contributed by atoms with E-state index in [-0.39, 0.29) is 21.0 Å². The van der Waals surface area contributed by atoms with Gasteiger partial charge in [0, 0.05) is 23.6 Å². The molecule has 2 N–H and O–H groups in total. The predicted octanol–water partition coefficient (Wildman–Crippen LogP) is 4.13. The van der Waals surface area contributed by atoms with Crippen molar-refractivity contribution in [2.75, 3.05) is 0 Å². The highest BCUT2D eigenvalue weighted by atomic mass is 35.5. The van der Waals surface area contributed by atoms with Crippen molar-refractivity contribution >= 4 is 27.5 Å². The Morgan fingerprint density at radius 2 is 1.75 bits per heavy atom. The predicted molar refractivity (Wildman–Crippen MR) is 108 cm³/mol. The zero-order chi connectivity index (χ0) is 24.3. The average molecular weight is 492 g/mol. The van der Waals surface area contributed by atoms with Crippen LogP contribution in [0.5, 0.6) is 0 Å². The first-order valence-corrected chi connectivity index (χ1v) is 10.9. The van der Waals surface area contributed by atoms with Crippen LogP contribution in [-0.2, 0) is 21.4 Å². The third-order valence-electron chi connectivity index (χ3n) is 4.87. The Bertz CT molecular complexity index is 1150. The fourth-order valence-electron chi connectivity index (χ4n) is 2.91. The van der Waals surface area contributed by atoms with Crippen molar-refractivity contribution in [3.63, 3.8) is 0 Å². The Kier molecular flexibility index (Phi) is 7.55. The topological polar surface area (TPSA) is 104 Å². The number of carbonyl (C=O) groups excluding carboxylic acids is 1. The summed E-state index contributed by atoms with van der Waals surface area (Å²) in [5, 5.41) is 9.08. The highest BCUT2D eigenvalue weighted by Crippen LogP contribution is 2.35.